The quantitative estimate of drug-likeness (QED) is 0.755. The van der Waals surface area contributed by atoms with Crippen molar-refractivity contribution in [2.24, 2.45) is 0 Å². The molecule has 0 atom stereocenters. The van der Waals surface area contributed by atoms with Gasteiger partial charge in [0.1, 0.15) is 5.75 Å². The van der Waals surface area contributed by atoms with Crippen LogP contribution in [0.4, 0.5) is 5.69 Å². The van der Waals surface area contributed by atoms with Crippen molar-refractivity contribution in [2.75, 3.05) is 11.9 Å². The third kappa shape index (κ3) is 3.56. The highest BCUT2D eigenvalue weighted by molar-refractivity contribution is 6.30. The van der Waals surface area contributed by atoms with Gasteiger partial charge < -0.3 is 10.1 Å². The number of nitrogens with zero attached hydrogens (tertiary/aromatic N) is 1. The zero-order valence-corrected chi connectivity index (χ0v) is 12.4. The Bertz CT molecular complexity index is 783. The Morgan fingerprint density at radius 1 is 1.23 bits per heavy atom. The molecule has 0 aliphatic rings. The van der Waals surface area contributed by atoms with Gasteiger partial charge in [-0.15, -0.1) is 0 Å². The molecule has 0 radical (unpaired) electrons. The first-order chi connectivity index (χ1) is 10.7. The molecule has 1 heterocycles. The van der Waals surface area contributed by atoms with E-state index in [0.717, 1.165) is 16.6 Å². The average molecular weight is 316 g/mol. The lowest BCUT2D eigenvalue weighted by molar-refractivity contribution is -0.116. The largest absolute Gasteiger partial charge is 0.493 e. The van der Waals surface area contributed by atoms with E-state index in [1.807, 2.05) is 18.2 Å². The number of amides is 1. The standard InChI is InChI=1S/C16H14ClN3O2/c17-12-1-4-14(5-2-12)22-8-7-16(21)19-13-3-6-15-11(9-13)10-18-20-15/h1-6,9-10H,7-8H2,(H,18,20)(H,19,21). The summed E-state index contributed by atoms with van der Waals surface area (Å²) in [7, 11) is 0. The molecule has 3 rings (SSSR count). The summed E-state index contributed by atoms with van der Waals surface area (Å²) < 4.78 is 5.49. The smallest absolute Gasteiger partial charge is 0.227 e. The van der Waals surface area contributed by atoms with Crippen LogP contribution in [0.3, 0.4) is 0 Å². The van der Waals surface area contributed by atoms with Crippen LogP contribution < -0.4 is 10.1 Å². The number of rotatable bonds is 5. The van der Waals surface area contributed by atoms with Crippen LogP contribution >= 0.6 is 11.6 Å². The highest BCUT2D eigenvalue weighted by Gasteiger charge is 2.04. The fraction of sp³-hybridized carbons (Fsp3) is 0.125. The molecule has 5 nitrogen and oxygen atoms in total. The normalized spacial score (nSPS) is 10.6. The van der Waals surface area contributed by atoms with Gasteiger partial charge in [0.05, 0.1) is 24.7 Å². The third-order valence-electron chi connectivity index (χ3n) is 3.14. The van der Waals surface area contributed by atoms with Gasteiger partial charge in [0.2, 0.25) is 5.91 Å². The summed E-state index contributed by atoms with van der Waals surface area (Å²) in [5, 5.41) is 11.3. The van der Waals surface area contributed by atoms with Crippen molar-refractivity contribution in [1.29, 1.82) is 0 Å². The topological polar surface area (TPSA) is 67.0 Å². The first-order valence-electron chi connectivity index (χ1n) is 6.82. The van der Waals surface area contributed by atoms with E-state index in [-0.39, 0.29) is 12.3 Å². The molecule has 1 aromatic heterocycles. The van der Waals surface area contributed by atoms with Gasteiger partial charge in [-0.25, -0.2) is 0 Å². The van der Waals surface area contributed by atoms with Crippen LogP contribution in [0.1, 0.15) is 6.42 Å². The van der Waals surface area contributed by atoms with Gasteiger partial charge in [0.25, 0.3) is 0 Å². The van der Waals surface area contributed by atoms with Gasteiger partial charge in [-0.05, 0) is 42.5 Å². The first kappa shape index (κ1) is 14.4. The minimum Gasteiger partial charge on any atom is -0.493 e. The minimum absolute atomic E-state index is 0.100. The Hall–Kier alpha value is -2.53. The second-order valence-electron chi connectivity index (χ2n) is 4.77. The number of H-pyrrole nitrogens is 1. The van der Waals surface area contributed by atoms with E-state index in [9.17, 15) is 4.79 Å². The summed E-state index contributed by atoms with van der Waals surface area (Å²) >= 11 is 5.79. The Morgan fingerprint density at radius 3 is 2.86 bits per heavy atom. The molecule has 112 valence electrons. The Labute approximate surface area is 132 Å². The molecule has 0 aliphatic carbocycles. The van der Waals surface area contributed by atoms with Crippen LogP contribution in [0, 0.1) is 0 Å². The molecule has 2 N–H and O–H groups in total. The maximum atomic E-state index is 11.9. The van der Waals surface area contributed by atoms with Crippen LogP contribution in [-0.2, 0) is 4.79 Å². The summed E-state index contributed by atoms with van der Waals surface area (Å²) in [5.74, 6) is 0.592. The van der Waals surface area contributed by atoms with Crippen molar-refractivity contribution in [2.45, 2.75) is 6.42 Å². The summed E-state index contributed by atoms with van der Waals surface area (Å²) in [6.45, 7) is 0.307. The Balaban J connectivity index is 1.50. The lowest BCUT2D eigenvalue weighted by Crippen LogP contribution is -2.15. The Kier molecular flexibility index (Phi) is 4.25. The number of halogens is 1. The van der Waals surface area contributed by atoms with Gasteiger partial charge in [0, 0.05) is 16.1 Å². The average Bonchev–Trinajstić information content (AvgIpc) is 2.97. The molecular formula is C16H14ClN3O2. The van der Waals surface area contributed by atoms with E-state index in [0.29, 0.717) is 17.4 Å². The van der Waals surface area contributed by atoms with Crippen molar-refractivity contribution < 1.29 is 9.53 Å². The molecule has 1 amide bonds. The highest BCUT2D eigenvalue weighted by atomic mass is 35.5. The predicted octanol–water partition coefficient (Wildman–Crippen LogP) is 3.62. The molecule has 0 aliphatic heterocycles. The van der Waals surface area contributed by atoms with E-state index >= 15 is 0 Å². The molecule has 22 heavy (non-hydrogen) atoms. The third-order valence-corrected chi connectivity index (χ3v) is 3.39. The number of nitrogens with one attached hydrogen (secondary N) is 2. The lowest BCUT2D eigenvalue weighted by Gasteiger charge is -2.07. The van der Waals surface area contributed by atoms with E-state index in [4.69, 9.17) is 16.3 Å². The second-order valence-corrected chi connectivity index (χ2v) is 5.21. The van der Waals surface area contributed by atoms with Crippen molar-refractivity contribution in [3.63, 3.8) is 0 Å². The van der Waals surface area contributed by atoms with Gasteiger partial charge in [-0.2, -0.15) is 5.10 Å². The molecule has 6 heteroatoms. The van der Waals surface area contributed by atoms with Crippen LogP contribution in [0.15, 0.2) is 48.7 Å². The van der Waals surface area contributed by atoms with E-state index in [1.165, 1.54) is 0 Å². The van der Waals surface area contributed by atoms with Crippen molar-refractivity contribution in [3.8, 4) is 5.75 Å². The summed E-state index contributed by atoms with van der Waals surface area (Å²) in [4.78, 5) is 11.9. The van der Waals surface area contributed by atoms with Crippen LogP contribution in [0.2, 0.25) is 5.02 Å². The van der Waals surface area contributed by atoms with E-state index in [1.54, 1.807) is 30.5 Å². The molecule has 0 saturated carbocycles. The van der Waals surface area contributed by atoms with Crippen molar-refractivity contribution in [3.05, 3.63) is 53.7 Å². The SMILES string of the molecule is O=C(CCOc1ccc(Cl)cc1)Nc1ccc2[nH]ncc2c1. The maximum Gasteiger partial charge on any atom is 0.227 e. The number of aromatic nitrogens is 2. The van der Waals surface area contributed by atoms with Gasteiger partial charge in [0.15, 0.2) is 0 Å². The van der Waals surface area contributed by atoms with Gasteiger partial charge in [-0.1, -0.05) is 11.6 Å². The molecule has 0 spiro atoms. The molecule has 0 bridgehead atoms. The zero-order valence-electron chi connectivity index (χ0n) is 11.7. The lowest BCUT2D eigenvalue weighted by atomic mass is 10.2. The molecule has 3 aromatic rings. The number of hydrogen-bond acceptors (Lipinski definition) is 3. The number of aromatic amines is 1. The number of hydrogen-bond donors (Lipinski definition) is 2. The number of carbonyl (C=O) groups excluding carboxylic acids is 1. The fourth-order valence-corrected chi connectivity index (χ4v) is 2.16. The summed E-state index contributed by atoms with van der Waals surface area (Å²) in [5.41, 5.74) is 1.68. The molecule has 0 fully saturated rings. The van der Waals surface area contributed by atoms with Gasteiger partial charge in [-0.3, -0.25) is 9.89 Å². The zero-order chi connectivity index (χ0) is 15.4. The Morgan fingerprint density at radius 2 is 2.05 bits per heavy atom. The molecule has 0 unspecified atom stereocenters. The number of carbonyl (C=O) groups is 1. The fourth-order valence-electron chi connectivity index (χ4n) is 2.04. The van der Waals surface area contributed by atoms with Crippen LogP contribution in [0.5, 0.6) is 5.75 Å². The van der Waals surface area contributed by atoms with Crippen molar-refractivity contribution in [1.82, 2.24) is 10.2 Å². The van der Waals surface area contributed by atoms with Crippen molar-refractivity contribution >= 4 is 34.1 Å². The highest BCUT2D eigenvalue weighted by Crippen LogP contribution is 2.17. The summed E-state index contributed by atoms with van der Waals surface area (Å²) in [6, 6.07) is 12.6. The molecule has 2 aromatic carbocycles. The minimum atomic E-state index is -0.100. The molecule has 0 saturated heterocycles. The van der Waals surface area contributed by atoms with Crippen LogP contribution in [-0.4, -0.2) is 22.7 Å². The number of benzene rings is 2. The number of fused-ring (bicyclic) bond motifs is 1. The molecular weight excluding hydrogens is 302 g/mol. The van der Waals surface area contributed by atoms with Gasteiger partial charge >= 0.3 is 0 Å². The number of ether oxygens (including phenoxy) is 1. The van der Waals surface area contributed by atoms with E-state index in [2.05, 4.69) is 15.5 Å². The van der Waals surface area contributed by atoms with Crippen LogP contribution in [0.25, 0.3) is 10.9 Å². The second kappa shape index (κ2) is 6.49. The van der Waals surface area contributed by atoms with E-state index < -0.39 is 0 Å². The number of anilines is 1. The first-order valence-corrected chi connectivity index (χ1v) is 7.20. The monoisotopic (exact) mass is 315 g/mol. The predicted molar refractivity (Wildman–Crippen MR) is 86.3 cm³/mol. The summed E-state index contributed by atoms with van der Waals surface area (Å²) in [6.07, 6.45) is 1.99. The maximum absolute atomic E-state index is 11.9.